The van der Waals surface area contributed by atoms with E-state index >= 15 is 0 Å². The Balaban J connectivity index is 0.00000264. The van der Waals surface area contributed by atoms with E-state index in [-0.39, 0.29) is 30.2 Å². The topological polar surface area (TPSA) is 41.6 Å². The van der Waals surface area contributed by atoms with Crippen LogP contribution < -0.4 is 10.1 Å². The maximum Gasteiger partial charge on any atom is 0.442 e. The summed E-state index contributed by atoms with van der Waals surface area (Å²) in [6.07, 6.45) is 0. The van der Waals surface area contributed by atoms with Crippen LogP contribution in [-0.2, 0) is 4.79 Å². The highest BCUT2D eigenvalue weighted by Crippen LogP contribution is 2.33. The van der Waals surface area contributed by atoms with Gasteiger partial charge in [-0.25, -0.2) is 0 Å². The molecule has 1 aromatic rings. The van der Waals surface area contributed by atoms with Gasteiger partial charge in [-0.1, -0.05) is 18.2 Å². The van der Waals surface area contributed by atoms with Crippen LogP contribution in [0.3, 0.4) is 0 Å². The predicted molar refractivity (Wildman–Crippen MR) is 86.1 cm³/mol. The van der Waals surface area contributed by atoms with Crippen LogP contribution in [0.15, 0.2) is 24.3 Å². The lowest BCUT2D eigenvalue weighted by Crippen LogP contribution is -2.49. The molecule has 1 atom stereocenters. The van der Waals surface area contributed by atoms with Gasteiger partial charge in [-0.2, -0.15) is 13.2 Å². The van der Waals surface area contributed by atoms with E-state index in [4.69, 9.17) is 4.74 Å². The van der Waals surface area contributed by atoms with Gasteiger partial charge in [0.15, 0.2) is 0 Å². The number of benzene rings is 1. The van der Waals surface area contributed by atoms with E-state index in [1.807, 2.05) is 18.2 Å². The minimum Gasteiger partial charge on any atom is -0.496 e. The standard InChI is InChI=1S/C14H17F3N2O2S.ClH/c1-21-12-5-3-2-4-10(12)11-8-18-6-7-19(11)13(20)9-22-14(15,16)17;/h2-5,11,18H,6-9H2,1H3;1H. The fourth-order valence-corrected chi connectivity index (χ4v) is 2.90. The lowest BCUT2D eigenvalue weighted by Gasteiger charge is -2.37. The van der Waals surface area contributed by atoms with Crippen molar-refractivity contribution in [3.8, 4) is 5.75 Å². The summed E-state index contributed by atoms with van der Waals surface area (Å²) in [7, 11) is 1.53. The van der Waals surface area contributed by atoms with Crippen molar-refractivity contribution >= 4 is 30.1 Å². The number of nitrogens with zero attached hydrogens (tertiary/aromatic N) is 1. The molecule has 0 aliphatic carbocycles. The second kappa shape index (κ2) is 8.65. The van der Waals surface area contributed by atoms with E-state index in [0.29, 0.717) is 25.4 Å². The largest absolute Gasteiger partial charge is 0.496 e. The van der Waals surface area contributed by atoms with Gasteiger partial charge < -0.3 is 15.0 Å². The molecule has 1 aliphatic heterocycles. The number of amides is 1. The zero-order chi connectivity index (χ0) is 16.2. The molecule has 0 bridgehead atoms. The molecule has 0 spiro atoms. The summed E-state index contributed by atoms with van der Waals surface area (Å²) >= 11 is -0.300. The number of para-hydroxylation sites is 1. The molecule has 1 saturated heterocycles. The van der Waals surface area contributed by atoms with Crippen molar-refractivity contribution in [3.63, 3.8) is 0 Å². The number of hydrogen-bond acceptors (Lipinski definition) is 4. The van der Waals surface area contributed by atoms with E-state index in [0.717, 1.165) is 5.56 Å². The smallest absolute Gasteiger partial charge is 0.442 e. The third-order valence-electron chi connectivity index (χ3n) is 3.42. The van der Waals surface area contributed by atoms with Gasteiger partial charge in [0.2, 0.25) is 5.91 Å². The zero-order valence-electron chi connectivity index (χ0n) is 12.4. The molecular weight excluding hydrogens is 353 g/mol. The van der Waals surface area contributed by atoms with Gasteiger partial charge >= 0.3 is 5.51 Å². The molecule has 1 aliphatic rings. The highest BCUT2D eigenvalue weighted by atomic mass is 35.5. The first kappa shape index (κ1) is 19.9. The summed E-state index contributed by atoms with van der Waals surface area (Å²) in [4.78, 5) is 13.7. The summed E-state index contributed by atoms with van der Waals surface area (Å²) in [5.74, 6) is -0.494. The average molecular weight is 371 g/mol. The molecule has 1 N–H and O–H groups in total. The second-order valence-corrected chi connectivity index (χ2v) is 5.82. The number of carbonyl (C=O) groups is 1. The van der Waals surface area contributed by atoms with Gasteiger partial charge in [0.05, 0.1) is 18.9 Å². The van der Waals surface area contributed by atoms with E-state index in [2.05, 4.69) is 5.32 Å². The second-order valence-electron chi connectivity index (χ2n) is 4.78. The fourth-order valence-electron chi connectivity index (χ4n) is 2.45. The molecular formula is C14H18ClF3N2O2S. The Labute approximate surface area is 143 Å². The number of carbonyl (C=O) groups excluding carboxylic acids is 1. The van der Waals surface area contributed by atoms with E-state index in [1.54, 1.807) is 6.07 Å². The lowest BCUT2D eigenvalue weighted by atomic mass is 10.0. The number of methoxy groups -OCH3 is 1. The predicted octanol–water partition coefficient (Wildman–Crippen LogP) is 2.84. The average Bonchev–Trinajstić information content (AvgIpc) is 2.52. The highest BCUT2D eigenvalue weighted by molar-refractivity contribution is 8.00. The lowest BCUT2D eigenvalue weighted by molar-refractivity contribution is -0.131. The molecule has 0 aromatic heterocycles. The molecule has 1 fully saturated rings. The first-order valence-corrected chi connectivity index (χ1v) is 7.74. The number of thioether (sulfide) groups is 1. The Morgan fingerprint density at radius 1 is 1.43 bits per heavy atom. The van der Waals surface area contributed by atoms with Gasteiger partial charge in [0.25, 0.3) is 0 Å². The Morgan fingerprint density at radius 3 is 2.78 bits per heavy atom. The molecule has 1 aromatic carbocycles. The Bertz CT molecular complexity index is 531. The van der Waals surface area contributed by atoms with Crippen molar-refractivity contribution < 1.29 is 22.7 Å². The van der Waals surface area contributed by atoms with Crippen LogP contribution in [0.5, 0.6) is 5.75 Å². The number of rotatable bonds is 4. The van der Waals surface area contributed by atoms with Crippen molar-refractivity contribution in [1.82, 2.24) is 10.2 Å². The molecule has 4 nitrogen and oxygen atoms in total. The van der Waals surface area contributed by atoms with Crippen molar-refractivity contribution in [2.75, 3.05) is 32.5 Å². The maximum absolute atomic E-state index is 12.3. The SMILES string of the molecule is COc1ccccc1C1CNCCN1C(=O)CSC(F)(F)F.Cl. The summed E-state index contributed by atoms with van der Waals surface area (Å²) < 4.78 is 42.1. The highest BCUT2D eigenvalue weighted by Gasteiger charge is 2.34. The quantitative estimate of drug-likeness (QED) is 0.885. The van der Waals surface area contributed by atoms with Gasteiger partial charge in [-0.05, 0) is 17.8 Å². The Morgan fingerprint density at radius 2 is 2.13 bits per heavy atom. The fraction of sp³-hybridized carbons (Fsp3) is 0.500. The van der Waals surface area contributed by atoms with Crippen LogP contribution in [-0.4, -0.2) is 48.8 Å². The van der Waals surface area contributed by atoms with Crippen molar-refractivity contribution in [3.05, 3.63) is 29.8 Å². The summed E-state index contributed by atoms with van der Waals surface area (Å²) in [5.41, 5.74) is -3.61. The van der Waals surface area contributed by atoms with Crippen molar-refractivity contribution in [2.45, 2.75) is 11.6 Å². The van der Waals surface area contributed by atoms with Gasteiger partial charge in [-0.3, -0.25) is 4.79 Å². The summed E-state index contributed by atoms with van der Waals surface area (Å²) in [5, 5.41) is 3.16. The third-order valence-corrected chi connectivity index (χ3v) is 4.14. The van der Waals surface area contributed by atoms with Gasteiger partial charge in [-0.15, -0.1) is 12.4 Å². The van der Waals surface area contributed by atoms with Gasteiger partial charge in [0.1, 0.15) is 5.75 Å². The van der Waals surface area contributed by atoms with Gasteiger partial charge in [0, 0.05) is 25.2 Å². The zero-order valence-corrected chi connectivity index (χ0v) is 14.1. The number of hydrogen-bond donors (Lipinski definition) is 1. The molecule has 0 saturated carbocycles. The molecule has 1 unspecified atom stereocenters. The van der Waals surface area contributed by atoms with Crippen molar-refractivity contribution in [2.24, 2.45) is 0 Å². The molecule has 9 heteroatoms. The van der Waals surface area contributed by atoms with Crippen molar-refractivity contribution in [1.29, 1.82) is 0 Å². The maximum atomic E-state index is 12.3. The molecule has 1 heterocycles. The number of piperazine rings is 1. The van der Waals surface area contributed by atoms with Crippen LogP contribution in [0.25, 0.3) is 0 Å². The Kier molecular flexibility index (Phi) is 7.50. The third kappa shape index (κ3) is 5.47. The Hall–Kier alpha value is -1.12. The van der Waals surface area contributed by atoms with E-state index in [9.17, 15) is 18.0 Å². The number of alkyl halides is 3. The normalized spacial score (nSPS) is 18.3. The molecule has 23 heavy (non-hydrogen) atoms. The number of nitrogens with one attached hydrogen (secondary N) is 1. The van der Waals surface area contributed by atoms with Crippen LogP contribution in [0.1, 0.15) is 11.6 Å². The first-order valence-electron chi connectivity index (χ1n) is 6.76. The summed E-state index contributed by atoms with van der Waals surface area (Å²) in [6, 6.07) is 6.90. The van der Waals surface area contributed by atoms with Crippen LogP contribution in [0, 0.1) is 0 Å². The van der Waals surface area contributed by atoms with E-state index in [1.165, 1.54) is 12.0 Å². The monoisotopic (exact) mass is 370 g/mol. The van der Waals surface area contributed by atoms with Crippen LogP contribution >= 0.6 is 24.2 Å². The number of halogens is 4. The minimum absolute atomic E-state index is 0. The molecule has 0 radical (unpaired) electrons. The molecule has 2 rings (SSSR count). The van der Waals surface area contributed by atoms with E-state index < -0.39 is 17.2 Å². The molecule has 1 amide bonds. The van der Waals surface area contributed by atoms with Crippen LogP contribution in [0.4, 0.5) is 13.2 Å². The molecule has 130 valence electrons. The van der Waals surface area contributed by atoms with Crippen LogP contribution in [0.2, 0.25) is 0 Å². The minimum atomic E-state index is -4.40. The number of ether oxygens (including phenoxy) is 1. The first-order chi connectivity index (χ1) is 10.4. The summed E-state index contributed by atoms with van der Waals surface area (Å²) in [6.45, 7) is 1.43.